The van der Waals surface area contributed by atoms with Gasteiger partial charge in [-0.3, -0.25) is 4.90 Å². The molecule has 2 unspecified atom stereocenters. The fraction of sp³-hybridized carbons (Fsp3) is 0.600. The minimum absolute atomic E-state index is 0.0156. The summed E-state index contributed by atoms with van der Waals surface area (Å²) in [7, 11) is 2.05. The van der Waals surface area contributed by atoms with E-state index in [-0.39, 0.29) is 11.9 Å². The standard InChI is InChI=1S/C15H24ClFN2/c1-10(2)7-11(3)19(4)15(9-18)13-6-5-12(17)8-14(13)16/h5-6,8,10-11,15H,7,9,18H2,1-4H3. The van der Waals surface area contributed by atoms with Gasteiger partial charge in [0.1, 0.15) is 5.82 Å². The van der Waals surface area contributed by atoms with Crippen molar-refractivity contribution in [3.63, 3.8) is 0 Å². The number of halogens is 2. The van der Waals surface area contributed by atoms with Gasteiger partial charge in [0.2, 0.25) is 0 Å². The van der Waals surface area contributed by atoms with Crippen molar-refractivity contribution in [3.8, 4) is 0 Å². The molecule has 0 saturated carbocycles. The van der Waals surface area contributed by atoms with Gasteiger partial charge < -0.3 is 5.73 Å². The summed E-state index contributed by atoms with van der Waals surface area (Å²) in [6, 6.07) is 4.93. The zero-order valence-electron chi connectivity index (χ0n) is 12.2. The van der Waals surface area contributed by atoms with Crippen LogP contribution in [0.25, 0.3) is 0 Å². The van der Waals surface area contributed by atoms with Gasteiger partial charge in [-0.15, -0.1) is 0 Å². The number of hydrogen-bond donors (Lipinski definition) is 1. The third kappa shape index (κ3) is 4.44. The second-order valence-electron chi connectivity index (χ2n) is 5.56. The van der Waals surface area contributed by atoms with Gasteiger partial charge in [-0.2, -0.15) is 0 Å². The van der Waals surface area contributed by atoms with Crippen LogP contribution < -0.4 is 5.73 Å². The summed E-state index contributed by atoms with van der Waals surface area (Å²) in [5.74, 6) is 0.307. The number of nitrogens with zero attached hydrogens (tertiary/aromatic N) is 1. The van der Waals surface area contributed by atoms with Crippen LogP contribution in [0.3, 0.4) is 0 Å². The molecule has 0 saturated heterocycles. The van der Waals surface area contributed by atoms with Gasteiger partial charge >= 0.3 is 0 Å². The molecule has 0 bridgehead atoms. The maximum Gasteiger partial charge on any atom is 0.124 e. The Morgan fingerprint density at radius 2 is 1.95 bits per heavy atom. The van der Waals surface area contributed by atoms with E-state index >= 15 is 0 Å². The predicted octanol–water partition coefficient (Wildman–Crippen LogP) is 3.85. The van der Waals surface area contributed by atoms with Crippen molar-refractivity contribution in [3.05, 3.63) is 34.6 Å². The lowest BCUT2D eigenvalue weighted by Crippen LogP contribution is -2.37. The minimum Gasteiger partial charge on any atom is -0.329 e. The smallest absolute Gasteiger partial charge is 0.124 e. The summed E-state index contributed by atoms with van der Waals surface area (Å²) in [5, 5.41) is 0.444. The Morgan fingerprint density at radius 1 is 1.32 bits per heavy atom. The summed E-state index contributed by atoms with van der Waals surface area (Å²) >= 11 is 6.14. The zero-order valence-corrected chi connectivity index (χ0v) is 12.9. The van der Waals surface area contributed by atoms with Gasteiger partial charge in [-0.1, -0.05) is 31.5 Å². The molecule has 1 aromatic carbocycles. The molecule has 0 spiro atoms. The highest BCUT2D eigenvalue weighted by Crippen LogP contribution is 2.29. The lowest BCUT2D eigenvalue weighted by molar-refractivity contribution is 0.169. The highest BCUT2D eigenvalue weighted by Gasteiger charge is 2.22. The van der Waals surface area contributed by atoms with Gasteiger partial charge in [0.15, 0.2) is 0 Å². The Hall–Kier alpha value is -0.640. The molecule has 108 valence electrons. The summed E-state index contributed by atoms with van der Waals surface area (Å²) in [5.41, 5.74) is 6.78. The van der Waals surface area contributed by atoms with Crippen LogP contribution in [-0.4, -0.2) is 24.5 Å². The molecule has 0 amide bonds. The average molecular weight is 287 g/mol. The van der Waals surface area contributed by atoms with Crippen LogP contribution in [0.4, 0.5) is 4.39 Å². The van der Waals surface area contributed by atoms with Gasteiger partial charge in [-0.05, 0) is 44.0 Å². The average Bonchev–Trinajstić information content (AvgIpc) is 2.31. The first-order valence-corrected chi connectivity index (χ1v) is 7.11. The zero-order chi connectivity index (χ0) is 14.6. The topological polar surface area (TPSA) is 29.3 Å². The normalized spacial score (nSPS) is 15.0. The van der Waals surface area contributed by atoms with Gasteiger partial charge in [-0.25, -0.2) is 4.39 Å². The fourth-order valence-corrected chi connectivity index (χ4v) is 2.73. The summed E-state index contributed by atoms with van der Waals surface area (Å²) in [6.07, 6.45) is 1.09. The van der Waals surface area contributed by atoms with E-state index in [0.29, 0.717) is 23.5 Å². The van der Waals surface area contributed by atoms with Crippen LogP contribution in [0.1, 0.15) is 38.8 Å². The number of nitrogens with two attached hydrogens (primary N) is 1. The summed E-state index contributed by atoms with van der Waals surface area (Å²) < 4.78 is 13.1. The van der Waals surface area contributed by atoms with Crippen molar-refractivity contribution < 1.29 is 4.39 Å². The molecule has 2 atom stereocenters. The van der Waals surface area contributed by atoms with Crippen LogP contribution in [-0.2, 0) is 0 Å². The van der Waals surface area contributed by atoms with Crippen molar-refractivity contribution in [1.29, 1.82) is 0 Å². The lowest BCUT2D eigenvalue weighted by atomic mass is 9.99. The molecule has 0 fully saturated rings. The highest BCUT2D eigenvalue weighted by molar-refractivity contribution is 6.31. The van der Waals surface area contributed by atoms with E-state index in [2.05, 4.69) is 25.7 Å². The van der Waals surface area contributed by atoms with Gasteiger partial charge in [0, 0.05) is 23.7 Å². The van der Waals surface area contributed by atoms with Crippen molar-refractivity contribution in [1.82, 2.24) is 4.90 Å². The Bertz CT molecular complexity index is 409. The quantitative estimate of drug-likeness (QED) is 0.861. The molecule has 0 aliphatic heterocycles. The molecule has 2 nitrogen and oxygen atoms in total. The van der Waals surface area contributed by atoms with E-state index in [0.717, 1.165) is 12.0 Å². The van der Waals surface area contributed by atoms with Crippen LogP contribution in [0.2, 0.25) is 5.02 Å². The first kappa shape index (κ1) is 16.4. The molecule has 1 rings (SSSR count). The molecule has 1 aromatic rings. The van der Waals surface area contributed by atoms with Crippen LogP contribution in [0.15, 0.2) is 18.2 Å². The van der Waals surface area contributed by atoms with Crippen molar-refractivity contribution in [2.24, 2.45) is 11.7 Å². The number of benzene rings is 1. The Kier molecular flexibility index (Phi) is 6.24. The number of likely N-dealkylation sites (N-methyl/N-ethyl adjacent to an activating group) is 1. The van der Waals surface area contributed by atoms with Crippen molar-refractivity contribution in [2.45, 2.75) is 39.3 Å². The molecule has 0 aliphatic rings. The van der Waals surface area contributed by atoms with E-state index in [9.17, 15) is 4.39 Å². The fourth-order valence-electron chi connectivity index (χ4n) is 2.44. The van der Waals surface area contributed by atoms with Crippen molar-refractivity contribution >= 4 is 11.6 Å². The molecular weight excluding hydrogens is 263 g/mol. The number of rotatable bonds is 6. The molecule has 4 heteroatoms. The van der Waals surface area contributed by atoms with E-state index in [1.165, 1.54) is 12.1 Å². The maximum atomic E-state index is 13.1. The minimum atomic E-state index is -0.317. The maximum absolute atomic E-state index is 13.1. The molecular formula is C15H24ClFN2. The summed E-state index contributed by atoms with van der Waals surface area (Å²) in [6.45, 7) is 7.05. The SMILES string of the molecule is CC(C)CC(C)N(C)C(CN)c1ccc(F)cc1Cl. The van der Waals surface area contributed by atoms with E-state index in [4.69, 9.17) is 17.3 Å². The van der Waals surface area contributed by atoms with Gasteiger partial charge in [0.05, 0.1) is 0 Å². The largest absolute Gasteiger partial charge is 0.329 e. The summed E-state index contributed by atoms with van der Waals surface area (Å²) in [4.78, 5) is 2.22. The first-order valence-electron chi connectivity index (χ1n) is 6.73. The Morgan fingerprint density at radius 3 is 2.42 bits per heavy atom. The van der Waals surface area contributed by atoms with E-state index in [1.54, 1.807) is 6.07 Å². The highest BCUT2D eigenvalue weighted by atomic mass is 35.5. The first-order chi connectivity index (χ1) is 8.86. The monoisotopic (exact) mass is 286 g/mol. The Labute approximate surface area is 120 Å². The molecule has 0 radical (unpaired) electrons. The van der Waals surface area contributed by atoms with Crippen LogP contribution >= 0.6 is 11.6 Å². The third-order valence-corrected chi connectivity index (χ3v) is 3.87. The second kappa shape index (κ2) is 7.22. The van der Waals surface area contributed by atoms with E-state index in [1.807, 2.05) is 7.05 Å². The lowest BCUT2D eigenvalue weighted by Gasteiger charge is -2.34. The van der Waals surface area contributed by atoms with Crippen LogP contribution in [0, 0.1) is 11.7 Å². The molecule has 0 heterocycles. The molecule has 0 aliphatic carbocycles. The Balaban J connectivity index is 2.93. The van der Waals surface area contributed by atoms with Crippen molar-refractivity contribution in [2.75, 3.05) is 13.6 Å². The second-order valence-corrected chi connectivity index (χ2v) is 5.97. The molecule has 19 heavy (non-hydrogen) atoms. The molecule has 0 aromatic heterocycles. The van der Waals surface area contributed by atoms with Gasteiger partial charge in [0.25, 0.3) is 0 Å². The van der Waals surface area contributed by atoms with Crippen LogP contribution in [0.5, 0.6) is 0 Å². The molecule has 2 N–H and O–H groups in total. The number of hydrogen-bond acceptors (Lipinski definition) is 2. The van der Waals surface area contributed by atoms with E-state index < -0.39 is 0 Å². The predicted molar refractivity (Wildman–Crippen MR) is 79.9 cm³/mol. The third-order valence-electron chi connectivity index (χ3n) is 3.54.